The van der Waals surface area contributed by atoms with Gasteiger partial charge in [-0.3, -0.25) is 4.79 Å². The summed E-state index contributed by atoms with van der Waals surface area (Å²) in [4.78, 5) is 27.5. The predicted octanol–water partition coefficient (Wildman–Crippen LogP) is 1.42. The van der Waals surface area contributed by atoms with Crippen molar-refractivity contribution in [2.75, 3.05) is 25.5 Å². The molecule has 0 radical (unpaired) electrons. The van der Waals surface area contributed by atoms with Crippen molar-refractivity contribution in [1.29, 1.82) is 0 Å². The van der Waals surface area contributed by atoms with Crippen LogP contribution in [0.4, 0.5) is 5.13 Å². The number of esters is 1. The molecule has 1 aromatic rings. The van der Waals surface area contributed by atoms with Crippen molar-refractivity contribution in [1.82, 2.24) is 10.3 Å². The predicted molar refractivity (Wildman–Crippen MR) is 74.5 cm³/mol. The van der Waals surface area contributed by atoms with Crippen molar-refractivity contribution >= 4 is 28.3 Å². The van der Waals surface area contributed by atoms with E-state index >= 15 is 0 Å². The third-order valence-corrected chi connectivity index (χ3v) is 3.37. The van der Waals surface area contributed by atoms with Crippen LogP contribution in [-0.2, 0) is 9.53 Å². The minimum atomic E-state index is -0.410. The summed E-state index contributed by atoms with van der Waals surface area (Å²) in [5.74, 6) is -0.0922. The van der Waals surface area contributed by atoms with Gasteiger partial charge >= 0.3 is 5.97 Å². The third kappa shape index (κ3) is 4.86. The summed E-state index contributed by atoms with van der Waals surface area (Å²) < 4.78 is 4.65. The van der Waals surface area contributed by atoms with Crippen LogP contribution in [0, 0.1) is 12.8 Å². The molecule has 1 rings (SSSR count). The van der Waals surface area contributed by atoms with Gasteiger partial charge in [0.1, 0.15) is 4.88 Å². The van der Waals surface area contributed by atoms with E-state index in [9.17, 15) is 9.59 Å². The van der Waals surface area contributed by atoms with Gasteiger partial charge in [0.2, 0.25) is 5.91 Å². The minimum absolute atomic E-state index is 0.0961. The van der Waals surface area contributed by atoms with Gasteiger partial charge in [-0.15, -0.1) is 0 Å². The number of thiazole rings is 1. The highest BCUT2D eigenvalue weighted by Gasteiger charge is 2.15. The first-order chi connectivity index (χ1) is 8.93. The van der Waals surface area contributed by atoms with Crippen LogP contribution in [-0.4, -0.2) is 37.1 Å². The molecule has 1 amide bonds. The zero-order valence-corrected chi connectivity index (χ0v) is 12.4. The van der Waals surface area contributed by atoms with Crippen LogP contribution < -0.4 is 10.6 Å². The molecule has 0 aliphatic heterocycles. The SMILES string of the molecule is COC(=O)c1sc(NCC(=O)NCC(C)C)nc1C. The van der Waals surface area contributed by atoms with Crippen LogP contribution in [0.1, 0.15) is 29.2 Å². The van der Waals surface area contributed by atoms with E-state index in [4.69, 9.17) is 0 Å². The number of nitrogens with zero attached hydrogens (tertiary/aromatic N) is 1. The summed E-state index contributed by atoms with van der Waals surface area (Å²) in [6, 6.07) is 0. The molecular weight excluding hydrogens is 266 g/mol. The number of hydrogen-bond donors (Lipinski definition) is 2. The molecule has 106 valence electrons. The fourth-order valence-electron chi connectivity index (χ4n) is 1.29. The number of ether oxygens (including phenoxy) is 1. The van der Waals surface area contributed by atoms with Gasteiger partial charge in [0.25, 0.3) is 0 Å². The maximum Gasteiger partial charge on any atom is 0.350 e. The maximum atomic E-state index is 11.5. The zero-order valence-electron chi connectivity index (χ0n) is 11.6. The molecule has 0 spiro atoms. The van der Waals surface area contributed by atoms with E-state index in [1.54, 1.807) is 6.92 Å². The molecule has 1 aromatic heterocycles. The number of carbonyl (C=O) groups is 2. The first-order valence-electron chi connectivity index (χ1n) is 6.00. The summed E-state index contributed by atoms with van der Waals surface area (Å²) in [6.07, 6.45) is 0. The summed E-state index contributed by atoms with van der Waals surface area (Å²) in [7, 11) is 1.33. The lowest BCUT2D eigenvalue weighted by Crippen LogP contribution is -2.32. The van der Waals surface area contributed by atoms with Gasteiger partial charge < -0.3 is 15.4 Å². The Morgan fingerprint density at radius 2 is 2.11 bits per heavy atom. The molecule has 0 saturated carbocycles. The number of aryl methyl sites for hydroxylation is 1. The van der Waals surface area contributed by atoms with E-state index < -0.39 is 5.97 Å². The van der Waals surface area contributed by atoms with Crippen molar-refractivity contribution in [3.8, 4) is 0 Å². The normalized spacial score (nSPS) is 10.4. The second-order valence-electron chi connectivity index (χ2n) is 4.48. The van der Waals surface area contributed by atoms with Gasteiger partial charge in [-0.25, -0.2) is 9.78 Å². The van der Waals surface area contributed by atoms with Gasteiger partial charge in [-0.1, -0.05) is 25.2 Å². The van der Waals surface area contributed by atoms with E-state index in [1.807, 2.05) is 13.8 Å². The number of hydrogen-bond acceptors (Lipinski definition) is 6. The number of carbonyl (C=O) groups excluding carboxylic acids is 2. The molecule has 2 N–H and O–H groups in total. The summed E-state index contributed by atoms with van der Waals surface area (Å²) >= 11 is 1.18. The van der Waals surface area contributed by atoms with Gasteiger partial charge in [0.15, 0.2) is 5.13 Å². The largest absolute Gasteiger partial charge is 0.465 e. The number of amides is 1. The smallest absolute Gasteiger partial charge is 0.350 e. The molecule has 7 heteroatoms. The highest BCUT2D eigenvalue weighted by molar-refractivity contribution is 7.17. The van der Waals surface area contributed by atoms with Crippen molar-refractivity contribution < 1.29 is 14.3 Å². The van der Waals surface area contributed by atoms with Crippen LogP contribution in [0.3, 0.4) is 0 Å². The zero-order chi connectivity index (χ0) is 14.4. The quantitative estimate of drug-likeness (QED) is 0.773. The Labute approximate surface area is 116 Å². The Kier molecular flexibility index (Phi) is 5.75. The molecule has 0 atom stereocenters. The lowest BCUT2D eigenvalue weighted by Gasteiger charge is -2.07. The molecular formula is C12H19N3O3S. The third-order valence-electron chi connectivity index (χ3n) is 2.28. The first kappa shape index (κ1) is 15.4. The van der Waals surface area contributed by atoms with Gasteiger partial charge in [0, 0.05) is 6.54 Å². The standard InChI is InChI=1S/C12H19N3O3S/c1-7(2)5-13-9(16)6-14-12-15-8(3)10(19-12)11(17)18-4/h7H,5-6H2,1-4H3,(H,13,16)(H,14,15). The van der Waals surface area contributed by atoms with Crippen LogP contribution >= 0.6 is 11.3 Å². The molecule has 0 fully saturated rings. The molecule has 0 saturated heterocycles. The number of rotatable bonds is 6. The Hall–Kier alpha value is -1.63. The molecule has 6 nitrogen and oxygen atoms in total. The van der Waals surface area contributed by atoms with Gasteiger partial charge in [0.05, 0.1) is 19.3 Å². The average molecular weight is 285 g/mol. The van der Waals surface area contributed by atoms with Crippen molar-refractivity contribution in [2.24, 2.45) is 5.92 Å². The maximum absolute atomic E-state index is 11.5. The molecule has 1 heterocycles. The van der Waals surface area contributed by atoms with E-state index in [-0.39, 0.29) is 12.5 Å². The molecule has 0 unspecified atom stereocenters. The Morgan fingerprint density at radius 1 is 1.42 bits per heavy atom. The van der Waals surface area contributed by atoms with Gasteiger partial charge in [-0.05, 0) is 12.8 Å². The molecule has 19 heavy (non-hydrogen) atoms. The summed E-state index contributed by atoms with van der Waals surface area (Å²) in [5, 5.41) is 6.23. The molecule has 0 aromatic carbocycles. The van der Waals surface area contributed by atoms with E-state index in [1.165, 1.54) is 18.4 Å². The van der Waals surface area contributed by atoms with E-state index in [2.05, 4.69) is 20.4 Å². The summed E-state index contributed by atoms with van der Waals surface area (Å²) in [5.41, 5.74) is 0.599. The van der Waals surface area contributed by atoms with Crippen molar-refractivity contribution in [2.45, 2.75) is 20.8 Å². The lowest BCUT2D eigenvalue weighted by atomic mass is 10.2. The minimum Gasteiger partial charge on any atom is -0.465 e. The highest BCUT2D eigenvalue weighted by atomic mass is 32.1. The van der Waals surface area contributed by atoms with Crippen LogP contribution in [0.2, 0.25) is 0 Å². The first-order valence-corrected chi connectivity index (χ1v) is 6.82. The van der Waals surface area contributed by atoms with Gasteiger partial charge in [-0.2, -0.15) is 0 Å². The number of anilines is 1. The topological polar surface area (TPSA) is 80.3 Å². The number of methoxy groups -OCH3 is 1. The van der Waals surface area contributed by atoms with Crippen LogP contribution in [0.5, 0.6) is 0 Å². The highest BCUT2D eigenvalue weighted by Crippen LogP contribution is 2.22. The Morgan fingerprint density at radius 3 is 2.68 bits per heavy atom. The Bertz CT molecular complexity index is 457. The lowest BCUT2D eigenvalue weighted by molar-refractivity contribution is -0.119. The van der Waals surface area contributed by atoms with E-state index in [0.29, 0.717) is 28.2 Å². The van der Waals surface area contributed by atoms with E-state index in [0.717, 1.165) is 0 Å². The number of aromatic nitrogens is 1. The second kappa shape index (κ2) is 7.08. The number of nitrogens with one attached hydrogen (secondary N) is 2. The molecule has 0 bridgehead atoms. The van der Waals surface area contributed by atoms with Crippen LogP contribution in [0.25, 0.3) is 0 Å². The van der Waals surface area contributed by atoms with Crippen molar-refractivity contribution in [3.63, 3.8) is 0 Å². The fraction of sp³-hybridized carbons (Fsp3) is 0.583. The Balaban J connectivity index is 2.50. The monoisotopic (exact) mass is 285 g/mol. The average Bonchev–Trinajstić information content (AvgIpc) is 2.74. The second-order valence-corrected chi connectivity index (χ2v) is 5.48. The van der Waals surface area contributed by atoms with Crippen LogP contribution in [0.15, 0.2) is 0 Å². The molecule has 0 aliphatic carbocycles. The van der Waals surface area contributed by atoms with Crippen molar-refractivity contribution in [3.05, 3.63) is 10.6 Å². The molecule has 0 aliphatic rings. The fourth-order valence-corrected chi connectivity index (χ4v) is 2.17. The summed E-state index contributed by atoms with van der Waals surface area (Å²) in [6.45, 7) is 6.57.